The van der Waals surface area contributed by atoms with Gasteiger partial charge in [0.25, 0.3) is 5.91 Å². The van der Waals surface area contributed by atoms with Crippen molar-refractivity contribution in [3.05, 3.63) is 65.7 Å². The Bertz CT molecular complexity index is 832. The third-order valence-corrected chi connectivity index (χ3v) is 5.28. The lowest BCUT2D eigenvalue weighted by Crippen LogP contribution is -2.49. The summed E-state index contributed by atoms with van der Waals surface area (Å²) < 4.78 is 6.34. The molecule has 2 aromatic rings. The van der Waals surface area contributed by atoms with Crippen LogP contribution in [-0.4, -0.2) is 17.8 Å². The fourth-order valence-electron chi connectivity index (χ4n) is 4.16. The van der Waals surface area contributed by atoms with Crippen molar-refractivity contribution < 1.29 is 14.3 Å². The van der Waals surface area contributed by atoms with Crippen LogP contribution in [0.25, 0.3) is 0 Å². The highest BCUT2D eigenvalue weighted by Crippen LogP contribution is 2.48. The van der Waals surface area contributed by atoms with Crippen LogP contribution >= 0.6 is 0 Å². The molecule has 26 heavy (non-hydrogen) atoms. The topological polar surface area (TPSA) is 46.6 Å². The maximum Gasteiger partial charge on any atom is 0.264 e. The molecule has 1 spiro atoms. The van der Waals surface area contributed by atoms with Gasteiger partial charge in [0.05, 0.1) is 18.3 Å². The smallest absolute Gasteiger partial charge is 0.264 e. The first kappa shape index (κ1) is 17.0. The predicted molar refractivity (Wildman–Crippen MR) is 99.8 cm³/mol. The Balaban J connectivity index is 1.74. The molecular formula is C22H23NO3. The van der Waals surface area contributed by atoms with Crippen LogP contribution in [0.2, 0.25) is 0 Å². The number of nitrogens with zero attached hydrogens (tertiary/aromatic N) is 1. The van der Waals surface area contributed by atoms with Gasteiger partial charge in [0, 0.05) is 18.4 Å². The summed E-state index contributed by atoms with van der Waals surface area (Å²) in [6.07, 6.45) is 2.08. The largest absolute Gasteiger partial charge is 0.356 e. The van der Waals surface area contributed by atoms with Crippen molar-refractivity contribution in [2.45, 2.75) is 50.9 Å². The molecule has 2 aromatic carbocycles. The second-order valence-corrected chi connectivity index (χ2v) is 7.17. The van der Waals surface area contributed by atoms with Crippen LogP contribution in [0, 0.1) is 0 Å². The molecule has 0 bridgehead atoms. The maximum absolute atomic E-state index is 13.5. The second-order valence-electron chi connectivity index (χ2n) is 7.17. The van der Waals surface area contributed by atoms with E-state index in [-0.39, 0.29) is 24.2 Å². The number of para-hydroxylation sites is 1. The van der Waals surface area contributed by atoms with E-state index in [9.17, 15) is 9.59 Å². The molecule has 0 radical (unpaired) electrons. The SMILES string of the molecule is CCC[C@H]1CC(=O)C[C@]2(O1)C(=O)N(Cc1ccccc1)c1ccccc12. The average Bonchev–Trinajstić information content (AvgIpc) is 2.85. The number of benzene rings is 2. The van der Waals surface area contributed by atoms with Gasteiger partial charge < -0.3 is 9.64 Å². The summed E-state index contributed by atoms with van der Waals surface area (Å²) in [5, 5.41) is 0. The molecule has 2 atom stereocenters. The predicted octanol–water partition coefficient (Wildman–Crippen LogP) is 3.98. The van der Waals surface area contributed by atoms with Crippen LogP contribution in [0.1, 0.15) is 43.7 Å². The number of ketones is 1. The van der Waals surface area contributed by atoms with Crippen molar-refractivity contribution in [2.75, 3.05) is 4.90 Å². The highest BCUT2D eigenvalue weighted by atomic mass is 16.5. The molecule has 2 aliphatic rings. The lowest BCUT2D eigenvalue weighted by molar-refractivity contribution is -0.171. The Hall–Kier alpha value is -2.46. The molecule has 0 saturated carbocycles. The zero-order chi connectivity index (χ0) is 18.1. The van der Waals surface area contributed by atoms with Gasteiger partial charge in [-0.1, -0.05) is 61.9 Å². The van der Waals surface area contributed by atoms with E-state index in [2.05, 4.69) is 6.92 Å². The minimum Gasteiger partial charge on any atom is -0.356 e. The highest BCUT2D eigenvalue weighted by molar-refractivity contribution is 6.09. The van der Waals surface area contributed by atoms with Gasteiger partial charge in [0.15, 0.2) is 5.60 Å². The normalized spacial score (nSPS) is 25.0. The van der Waals surface area contributed by atoms with Gasteiger partial charge in [-0.25, -0.2) is 0 Å². The molecule has 1 fully saturated rings. The van der Waals surface area contributed by atoms with E-state index in [0.717, 1.165) is 29.7 Å². The molecule has 4 rings (SSSR count). The zero-order valence-electron chi connectivity index (χ0n) is 15.0. The van der Waals surface area contributed by atoms with Gasteiger partial charge in [-0.15, -0.1) is 0 Å². The van der Waals surface area contributed by atoms with E-state index >= 15 is 0 Å². The number of carbonyl (C=O) groups excluding carboxylic acids is 2. The van der Waals surface area contributed by atoms with Gasteiger partial charge in [-0.05, 0) is 18.1 Å². The van der Waals surface area contributed by atoms with Gasteiger partial charge in [-0.2, -0.15) is 0 Å². The Morgan fingerprint density at radius 3 is 2.58 bits per heavy atom. The Morgan fingerprint density at radius 2 is 1.81 bits per heavy atom. The van der Waals surface area contributed by atoms with Crippen molar-refractivity contribution in [1.29, 1.82) is 0 Å². The van der Waals surface area contributed by atoms with Crippen molar-refractivity contribution in [3.63, 3.8) is 0 Å². The molecule has 0 unspecified atom stereocenters. The third-order valence-electron chi connectivity index (χ3n) is 5.28. The number of fused-ring (bicyclic) bond motifs is 2. The van der Waals surface area contributed by atoms with Crippen molar-refractivity contribution in [1.82, 2.24) is 0 Å². The third kappa shape index (κ3) is 2.74. The van der Waals surface area contributed by atoms with E-state index < -0.39 is 5.60 Å². The van der Waals surface area contributed by atoms with Gasteiger partial charge in [-0.3, -0.25) is 9.59 Å². The minimum atomic E-state index is -1.15. The summed E-state index contributed by atoms with van der Waals surface area (Å²) in [6.45, 7) is 2.55. The van der Waals surface area contributed by atoms with Crippen molar-refractivity contribution in [3.8, 4) is 0 Å². The van der Waals surface area contributed by atoms with Crippen LogP contribution in [0.3, 0.4) is 0 Å². The fraction of sp³-hybridized carbons (Fsp3) is 0.364. The molecule has 0 aromatic heterocycles. The maximum atomic E-state index is 13.5. The number of Topliss-reactive ketones (excluding diaryl/α,β-unsaturated/α-hetero) is 1. The van der Waals surface area contributed by atoms with Crippen LogP contribution in [0.15, 0.2) is 54.6 Å². The van der Waals surface area contributed by atoms with E-state index in [4.69, 9.17) is 4.74 Å². The summed E-state index contributed by atoms with van der Waals surface area (Å²) >= 11 is 0. The first-order valence-electron chi connectivity index (χ1n) is 9.29. The molecule has 2 heterocycles. The Labute approximate surface area is 153 Å². The van der Waals surface area contributed by atoms with Crippen LogP contribution in [-0.2, 0) is 26.5 Å². The van der Waals surface area contributed by atoms with E-state index in [1.807, 2.05) is 54.6 Å². The van der Waals surface area contributed by atoms with Crippen molar-refractivity contribution >= 4 is 17.4 Å². The lowest BCUT2D eigenvalue weighted by Gasteiger charge is -2.37. The fourth-order valence-corrected chi connectivity index (χ4v) is 4.16. The molecule has 0 N–H and O–H groups in total. The Kier molecular flexibility index (Phi) is 4.37. The zero-order valence-corrected chi connectivity index (χ0v) is 15.0. The monoisotopic (exact) mass is 349 g/mol. The molecule has 134 valence electrons. The van der Waals surface area contributed by atoms with Gasteiger partial charge >= 0.3 is 0 Å². The standard InChI is InChI=1S/C22H23NO3/c1-2-8-18-13-17(24)14-22(26-18)19-11-6-7-12-20(19)23(21(22)25)15-16-9-4-3-5-10-16/h3-7,9-12,18H,2,8,13-15H2,1H3/t18-,22+/m0/s1. The van der Waals surface area contributed by atoms with Crippen LogP contribution in [0.5, 0.6) is 0 Å². The number of ether oxygens (including phenoxy) is 1. The number of hydrogen-bond acceptors (Lipinski definition) is 3. The summed E-state index contributed by atoms with van der Waals surface area (Å²) in [4.78, 5) is 27.7. The van der Waals surface area contributed by atoms with E-state index in [1.165, 1.54) is 0 Å². The average molecular weight is 349 g/mol. The number of rotatable bonds is 4. The van der Waals surface area contributed by atoms with Crippen LogP contribution < -0.4 is 4.90 Å². The number of carbonyl (C=O) groups is 2. The minimum absolute atomic E-state index is 0.111. The van der Waals surface area contributed by atoms with Crippen LogP contribution in [0.4, 0.5) is 5.69 Å². The van der Waals surface area contributed by atoms with Gasteiger partial charge in [0.2, 0.25) is 0 Å². The molecule has 1 saturated heterocycles. The molecule has 4 heteroatoms. The first-order valence-corrected chi connectivity index (χ1v) is 9.29. The number of anilines is 1. The Morgan fingerprint density at radius 1 is 1.08 bits per heavy atom. The molecule has 0 aliphatic carbocycles. The molecule has 2 aliphatic heterocycles. The summed E-state index contributed by atoms with van der Waals surface area (Å²) in [6, 6.07) is 17.6. The van der Waals surface area contributed by atoms with E-state index in [0.29, 0.717) is 13.0 Å². The molecule has 1 amide bonds. The lowest BCUT2D eigenvalue weighted by atomic mass is 9.84. The number of hydrogen-bond donors (Lipinski definition) is 0. The molecular weight excluding hydrogens is 326 g/mol. The second kappa shape index (κ2) is 6.69. The van der Waals surface area contributed by atoms with Gasteiger partial charge in [0.1, 0.15) is 5.78 Å². The first-order chi connectivity index (χ1) is 12.6. The summed E-state index contributed by atoms with van der Waals surface area (Å²) in [5.41, 5.74) is 1.59. The van der Waals surface area contributed by atoms with E-state index in [1.54, 1.807) is 4.90 Å². The summed E-state index contributed by atoms with van der Waals surface area (Å²) in [7, 11) is 0. The number of amides is 1. The summed E-state index contributed by atoms with van der Waals surface area (Å²) in [5.74, 6) is -0.00359. The quantitative estimate of drug-likeness (QED) is 0.839. The van der Waals surface area contributed by atoms with Crippen molar-refractivity contribution in [2.24, 2.45) is 0 Å². The highest BCUT2D eigenvalue weighted by Gasteiger charge is 2.56. The molecule has 4 nitrogen and oxygen atoms in total.